The Morgan fingerprint density at radius 3 is 2.74 bits per heavy atom. The average Bonchev–Trinajstić information content (AvgIpc) is 3.13. The highest BCUT2D eigenvalue weighted by Gasteiger charge is 2.27. The van der Waals surface area contributed by atoms with Crippen LogP contribution in [0.1, 0.15) is 24.8 Å². The Kier molecular flexibility index (Phi) is 4.90. The third kappa shape index (κ3) is 4.80. The highest BCUT2D eigenvalue weighted by Crippen LogP contribution is 2.31. The van der Waals surface area contributed by atoms with Crippen LogP contribution < -0.4 is 4.74 Å². The lowest BCUT2D eigenvalue weighted by atomic mass is 10.1. The topological polar surface area (TPSA) is 43.4 Å². The van der Waals surface area contributed by atoms with Crippen LogP contribution in [-0.4, -0.2) is 27.0 Å². The number of benzene rings is 1. The second kappa shape index (κ2) is 6.27. The van der Waals surface area contributed by atoms with Crippen LogP contribution in [0.2, 0.25) is 0 Å². The fourth-order valence-corrected chi connectivity index (χ4v) is 4.28. The summed E-state index contributed by atoms with van der Waals surface area (Å²) in [6.45, 7) is 0. The zero-order chi connectivity index (χ0) is 13.9. The van der Waals surface area contributed by atoms with Gasteiger partial charge >= 0.3 is 0 Å². The maximum atomic E-state index is 11.8. The molecule has 19 heavy (non-hydrogen) atoms. The summed E-state index contributed by atoms with van der Waals surface area (Å²) in [4.78, 5) is 0. The van der Waals surface area contributed by atoms with Gasteiger partial charge < -0.3 is 4.74 Å². The Morgan fingerprint density at radius 1 is 1.37 bits per heavy atom. The van der Waals surface area contributed by atoms with Crippen LogP contribution in [0.15, 0.2) is 22.7 Å². The smallest absolute Gasteiger partial charge is 0.150 e. The van der Waals surface area contributed by atoms with Gasteiger partial charge in [-0.15, -0.1) is 0 Å². The maximum absolute atomic E-state index is 11.8. The summed E-state index contributed by atoms with van der Waals surface area (Å²) in [6.07, 6.45) is 3.56. The van der Waals surface area contributed by atoms with E-state index in [1.54, 1.807) is 7.11 Å². The molecule has 0 bridgehead atoms. The number of hydrogen-bond donors (Lipinski definition) is 0. The van der Waals surface area contributed by atoms with Crippen molar-refractivity contribution in [1.29, 1.82) is 0 Å². The van der Waals surface area contributed by atoms with E-state index >= 15 is 0 Å². The average molecular weight is 347 g/mol. The number of aryl methyl sites for hydroxylation is 1. The van der Waals surface area contributed by atoms with Gasteiger partial charge in [-0.1, -0.05) is 22.0 Å². The summed E-state index contributed by atoms with van der Waals surface area (Å²) < 4.78 is 30.0. The molecule has 1 saturated carbocycles. The lowest BCUT2D eigenvalue weighted by molar-refractivity contribution is 0.409. The molecule has 1 aliphatic rings. The first-order valence-electron chi connectivity index (χ1n) is 6.53. The number of halogens is 1. The van der Waals surface area contributed by atoms with Gasteiger partial charge in [0.2, 0.25) is 0 Å². The van der Waals surface area contributed by atoms with Gasteiger partial charge in [0.25, 0.3) is 0 Å². The molecule has 0 amide bonds. The molecule has 1 fully saturated rings. The summed E-state index contributed by atoms with van der Waals surface area (Å²) >= 11 is 3.40. The molecule has 2 rings (SSSR count). The van der Waals surface area contributed by atoms with Crippen molar-refractivity contribution in [2.75, 3.05) is 18.6 Å². The number of methoxy groups -OCH3 is 1. The normalized spacial score (nSPS) is 15.5. The van der Waals surface area contributed by atoms with Crippen molar-refractivity contribution >= 4 is 25.8 Å². The zero-order valence-corrected chi connectivity index (χ0v) is 13.5. The second-order valence-electron chi connectivity index (χ2n) is 5.12. The number of ether oxygens (including phenoxy) is 1. The van der Waals surface area contributed by atoms with Crippen molar-refractivity contribution in [2.24, 2.45) is 5.92 Å². The molecule has 106 valence electrons. The number of sulfone groups is 1. The minimum absolute atomic E-state index is 0.280. The highest BCUT2D eigenvalue weighted by atomic mass is 79.9. The monoisotopic (exact) mass is 346 g/mol. The van der Waals surface area contributed by atoms with Crippen LogP contribution in [0, 0.1) is 5.92 Å². The van der Waals surface area contributed by atoms with Crippen molar-refractivity contribution in [1.82, 2.24) is 0 Å². The van der Waals surface area contributed by atoms with Crippen LogP contribution in [0.25, 0.3) is 0 Å². The molecule has 1 aromatic rings. The molecule has 0 radical (unpaired) electrons. The molecule has 0 spiro atoms. The molecule has 1 aromatic carbocycles. The first-order chi connectivity index (χ1) is 9.00. The Labute approximate surface area is 123 Å². The van der Waals surface area contributed by atoms with Crippen LogP contribution >= 0.6 is 15.9 Å². The fourth-order valence-electron chi connectivity index (χ4n) is 2.13. The minimum atomic E-state index is -2.87. The van der Waals surface area contributed by atoms with Gasteiger partial charge in [0, 0.05) is 4.47 Å². The first-order valence-corrected chi connectivity index (χ1v) is 9.14. The van der Waals surface area contributed by atoms with E-state index in [4.69, 9.17) is 4.74 Å². The van der Waals surface area contributed by atoms with Gasteiger partial charge in [-0.2, -0.15) is 0 Å². The van der Waals surface area contributed by atoms with E-state index < -0.39 is 9.84 Å². The number of rotatable bonds is 7. The molecule has 0 aliphatic heterocycles. The highest BCUT2D eigenvalue weighted by molar-refractivity contribution is 9.10. The third-order valence-electron chi connectivity index (χ3n) is 3.34. The Morgan fingerprint density at radius 2 is 2.11 bits per heavy atom. The molecular formula is C14H19BrO3S. The molecule has 0 saturated heterocycles. The molecule has 0 unspecified atom stereocenters. The van der Waals surface area contributed by atoms with Gasteiger partial charge in [-0.05, 0) is 49.3 Å². The van der Waals surface area contributed by atoms with Crippen LogP contribution in [0.3, 0.4) is 0 Å². The van der Waals surface area contributed by atoms with E-state index in [1.807, 2.05) is 18.2 Å². The Balaban J connectivity index is 1.88. The summed E-state index contributed by atoms with van der Waals surface area (Å²) in [6, 6.07) is 5.85. The molecule has 0 heterocycles. The van der Waals surface area contributed by atoms with Crippen LogP contribution in [-0.2, 0) is 16.3 Å². The molecular weight excluding hydrogens is 328 g/mol. The van der Waals surface area contributed by atoms with Gasteiger partial charge in [0.05, 0.1) is 18.6 Å². The molecule has 1 aliphatic carbocycles. The van der Waals surface area contributed by atoms with Crippen molar-refractivity contribution in [3.63, 3.8) is 0 Å². The third-order valence-corrected chi connectivity index (χ3v) is 5.72. The van der Waals surface area contributed by atoms with E-state index in [2.05, 4.69) is 15.9 Å². The van der Waals surface area contributed by atoms with E-state index in [1.165, 1.54) is 0 Å². The molecule has 0 atom stereocenters. The van der Waals surface area contributed by atoms with Crippen molar-refractivity contribution in [2.45, 2.75) is 25.7 Å². The summed E-state index contributed by atoms with van der Waals surface area (Å²) in [7, 11) is -1.23. The van der Waals surface area contributed by atoms with E-state index in [0.717, 1.165) is 35.0 Å². The Bertz CT molecular complexity index is 536. The van der Waals surface area contributed by atoms with Gasteiger partial charge in [-0.25, -0.2) is 8.42 Å². The first kappa shape index (κ1) is 14.9. The maximum Gasteiger partial charge on any atom is 0.150 e. The lowest BCUT2D eigenvalue weighted by Crippen LogP contribution is -2.13. The zero-order valence-electron chi connectivity index (χ0n) is 11.1. The van der Waals surface area contributed by atoms with Crippen molar-refractivity contribution in [3.05, 3.63) is 28.2 Å². The SMILES string of the molecule is COc1cc(Br)ccc1CCCS(=O)(=O)CC1CC1. The molecule has 5 heteroatoms. The van der Waals surface area contributed by atoms with Crippen LogP contribution in [0.5, 0.6) is 5.75 Å². The predicted molar refractivity (Wildman–Crippen MR) is 80.4 cm³/mol. The van der Waals surface area contributed by atoms with E-state index in [9.17, 15) is 8.42 Å². The molecule has 3 nitrogen and oxygen atoms in total. The number of hydrogen-bond acceptors (Lipinski definition) is 3. The summed E-state index contributed by atoms with van der Waals surface area (Å²) in [5.74, 6) is 1.91. The summed E-state index contributed by atoms with van der Waals surface area (Å²) in [5, 5.41) is 0. The predicted octanol–water partition coefficient (Wildman–Crippen LogP) is 3.22. The van der Waals surface area contributed by atoms with Crippen molar-refractivity contribution in [3.8, 4) is 5.75 Å². The van der Waals surface area contributed by atoms with E-state index in [0.29, 0.717) is 18.1 Å². The standard InChI is InChI=1S/C14H19BrO3S/c1-18-14-9-13(15)7-6-12(14)3-2-8-19(16,17)10-11-4-5-11/h6-7,9,11H,2-5,8,10H2,1H3. The summed E-state index contributed by atoms with van der Waals surface area (Å²) in [5.41, 5.74) is 1.06. The van der Waals surface area contributed by atoms with Gasteiger partial charge in [0.1, 0.15) is 5.75 Å². The Hall–Kier alpha value is -0.550. The van der Waals surface area contributed by atoms with E-state index in [-0.39, 0.29) is 5.75 Å². The lowest BCUT2D eigenvalue weighted by Gasteiger charge is -2.09. The fraction of sp³-hybridized carbons (Fsp3) is 0.571. The minimum Gasteiger partial charge on any atom is -0.496 e. The molecule has 0 N–H and O–H groups in total. The second-order valence-corrected chi connectivity index (χ2v) is 8.26. The largest absolute Gasteiger partial charge is 0.496 e. The quantitative estimate of drug-likeness (QED) is 0.761. The van der Waals surface area contributed by atoms with Gasteiger partial charge in [0.15, 0.2) is 9.84 Å². The molecule has 0 aromatic heterocycles. The van der Waals surface area contributed by atoms with Crippen molar-refractivity contribution < 1.29 is 13.2 Å². The van der Waals surface area contributed by atoms with Crippen LogP contribution in [0.4, 0.5) is 0 Å². The van der Waals surface area contributed by atoms with Gasteiger partial charge in [-0.3, -0.25) is 0 Å².